The van der Waals surface area contributed by atoms with Crippen LogP contribution in [0.2, 0.25) is 0 Å². The van der Waals surface area contributed by atoms with E-state index >= 15 is 0 Å². The Hall–Kier alpha value is -1.85. The highest BCUT2D eigenvalue weighted by molar-refractivity contribution is 5.29. The molecule has 0 N–H and O–H groups in total. The summed E-state index contributed by atoms with van der Waals surface area (Å²) in [6, 6.07) is 8.91. The molecule has 2 bridgehead atoms. The molecule has 3 nitrogen and oxygen atoms in total. The molecule has 27 heavy (non-hydrogen) atoms. The van der Waals surface area contributed by atoms with E-state index in [0.717, 1.165) is 43.5 Å². The fraction of sp³-hybridized carbons (Fsp3) is 0.500. The van der Waals surface area contributed by atoms with Gasteiger partial charge in [0.15, 0.2) is 0 Å². The van der Waals surface area contributed by atoms with E-state index < -0.39 is 11.6 Å². The molecule has 4 fully saturated rings. The normalized spacial score (nSPS) is 32.6. The van der Waals surface area contributed by atoms with E-state index in [9.17, 15) is 8.78 Å². The van der Waals surface area contributed by atoms with Gasteiger partial charge in [-0.2, -0.15) is 0 Å². The van der Waals surface area contributed by atoms with Crippen molar-refractivity contribution >= 4 is 0 Å². The topological polar surface area (TPSA) is 19.4 Å². The zero-order valence-corrected chi connectivity index (χ0v) is 15.6. The van der Waals surface area contributed by atoms with Crippen LogP contribution in [0.4, 0.5) is 8.78 Å². The van der Waals surface area contributed by atoms with E-state index in [2.05, 4.69) is 27.8 Å². The quantitative estimate of drug-likeness (QED) is 0.822. The smallest absolute Gasteiger partial charge is 0.126 e. The number of aryl methyl sites for hydroxylation is 1. The fourth-order valence-corrected chi connectivity index (χ4v) is 5.68. The molecule has 5 heteroatoms. The van der Waals surface area contributed by atoms with Crippen molar-refractivity contribution in [3.8, 4) is 0 Å². The number of hydrogen-bond acceptors (Lipinski definition) is 3. The molecule has 1 aromatic heterocycles. The summed E-state index contributed by atoms with van der Waals surface area (Å²) in [6.45, 7) is 5.97. The maximum Gasteiger partial charge on any atom is 0.126 e. The standard InChI is InChI=1S/C22H25F2N3/c1-14-3-2-6-25-20(14)13-27-12-19(16-9-17(23)11-18(24)10-16)22-21(27)15-4-7-26(22)8-5-15/h2-3,6,9-11,15,19,21-22H,4-5,7-8,12-13H2,1H3/t19-,21+,22+/m0/s1. The number of rotatable bonds is 3. The van der Waals surface area contributed by atoms with Crippen molar-refractivity contribution in [2.45, 2.75) is 44.3 Å². The van der Waals surface area contributed by atoms with Gasteiger partial charge >= 0.3 is 0 Å². The Morgan fingerprint density at radius 2 is 1.81 bits per heavy atom. The van der Waals surface area contributed by atoms with E-state index in [4.69, 9.17) is 0 Å². The van der Waals surface area contributed by atoms with E-state index in [1.54, 1.807) is 0 Å². The first kappa shape index (κ1) is 17.3. The number of nitrogens with zero attached hydrogens (tertiary/aromatic N) is 3. The summed E-state index contributed by atoms with van der Waals surface area (Å²) in [4.78, 5) is 9.68. The van der Waals surface area contributed by atoms with Crippen molar-refractivity contribution in [2.24, 2.45) is 5.92 Å². The molecule has 0 spiro atoms. The van der Waals surface area contributed by atoms with Gasteiger partial charge in [0.25, 0.3) is 0 Å². The average molecular weight is 369 g/mol. The molecule has 0 saturated carbocycles. The van der Waals surface area contributed by atoms with E-state index in [1.165, 1.54) is 30.5 Å². The summed E-state index contributed by atoms with van der Waals surface area (Å²) in [5, 5.41) is 0. The fourth-order valence-electron chi connectivity index (χ4n) is 5.68. The minimum absolute atomic E-state index is 0.146. The van der Waals surface area contributed by atoms with Crippen LogP contribution in [0.5, 0.6) is 0 Å². The second kappa shape index (κ2) is 6.64. The second-order valence-electron chi connectivity index (χ2n) is 8.36. The summed E-state index contributed by atoms with van der Waals surface area (Å²) in [6.07, 6.45) is 4.30. The predicted octanol–water partition coefficient (Wildman–Crippen LogP) is 3.73. The monoisotopic (exact) mass is 369 g/mol. The molecule has 4 aliphatic rings. The highest BCUT2D eigenvalue weighted by Gasteiger charge is 2.53. The Morgan fingerprint density at radius 3 is 2.52 bits per heavy atom. The van der Waals surface area contributed by atoms with E-state index in [0.29, 0.717) is 18.0 Å². The second-order valence-corrected chi connectivity index (χ2v) is 8.36. The zero-order chi connectivity index (χ0) is 18.5. The first-order chi connectivity index (χ1) is 13.1. The van der Waals surface area contributed by atoms with Gasteiger partial charge in [0.05, 0.1) is 5.69 Å². The number of benzene rings is 1. The van der Waals surface area contributed by atoms with Crippen LogP contribution < -0.4 is 0 Å². The minimum atomic E-state index is -0.475. The number of halogens is 2. The van der Waals surface area contributed by atoms with Crippen molar-refractivity contribution in [1.29, 1.82) is 0 Å². The van der Waals surface area contributed by atoms with Crippen LogP contribution in [0.1, 0.15) is 35.6 Å². The Labute approximate surface area is 159 Å². The van der Waals surface area contributed by atoms with E-state index in [-0.39, 0.29) is 5.92 Å². The summed E-state index contributed by atoms with van der Waals surface area (Å²) in [5.41, 5.74) is 3.12. The lowest BCUT2D eigenvalue weighted by Gasteiger charge is -2.51. The third kappa shape index (κ3) is 2.97. The average Bonchev–Trinajstić information content (AvgIpc) is 3.05. The highest BCUT2D eigenvalue weighted by atomic mass is 19.1. The van der Waals surface area contributed by atoms with Crippen LogP contribution in [0.25, 0.3) is 0 Å². The number of piperidine rings is 3. The first-order valence-corrected chi connectivity index (χ1v) is 9.95. The molecule has 4 saturated heterocycles. The van der Waals surface area contributed by atoms with Crippen LogP contribution in [0, 0.1) is 24.5 Å². The molecule has 0 radical (unpaired) electrons. The molecule has 6 rings (SSSR count). The number of hydrogen-bond donors (Lipinski definition) is 0. The molecule has 3 atom stereocenters. The van der Waals surface area contributed by atoms with Gasteiger partial charge in [-0.15, -0.1) is 0 Å². The third-order valence-electron chi connectivity index (χ3n) is 6.88. The minimum Gasteiger partial charge on any atom is -0.298 e. The molecule has 0 amide bonds. The van der Waals surface area contributed by atoms with Crippen LogP contribution in [-0.2, 0) is 6.54 Å². The molecule has 0 unspecified atom stereocenters. The molecular weight excluding hydrogens is 344 g/mol. The van der Waals surface area contributed by atoms with Crippen LogP contribution >= 0.6 is 0 Å². The van der Waals surface area contributed by atoms with Crippen LogP contribution in [0.3, 0.4) is 0 Å². The molecule has 5 heterocycles. The molecule has 4 aliphatic heterocycles. The van der Waals surface area contributed by atoms with Gasteiger partial charge in [0.2, 0.25) is 0 Å². The van der Waals surface area contributed by atoms with Crippen LogP contribution in [-0.4, -0.2) is 46.5 Å². The van der Waals surface area contributed by atoms with E-state index in [1.807, 2.05) is 12.3 Å². The number of fused-ring (bicyclic) bond motifs is 2. The lowest BCUT2D eigenvalue weighted by atomic mass is 9.75. The Kier molecular flexibility index (Phi) is 4.25. The van der Waals surface area contributed by atoms with Gasteiger partial charge in [0, 0.05) is 43.4 Å². The maximum absolute atomic E-state index is 13.9. The van der Waals surface area contributed by atoms with Gasteiger partial charge in [0.1, 0.15) is 11.6 Å². The zero-order valence-electron chi connectivity index (χ0n) is 15.6. The van der Waals surface area contributed by atoms with Crippen LogP contribution in [0.15, 0.2) is 36.5 Å². The Balaban J connectivity index is 1.51. The number of likely N-dealkylation sites (tertiary alicyclic amines) is 1. The summed E-state index contributed by atoms with van der Waals surface area (Å²) in [5.74, 6) is -0.132. The first-order valence-electron chi connectivity index (χ1n) is 9.95. The molecule has 0 aliphatic carbocycles. The van der Waals surface area contributed by atoms with Crippen molar-refractivity contribution in [3.63, 3.8) is 0 Å². The maximum atomic E-state index is 13.9. The predicted molar refractivity (Wildman–Crippen MR) is 100 cm³/mol. The van der Waals surface area contributed by atoms with Gasteiger partial charge in [-0.1, -0.05) is 6.07 Å². The summed E-state index contributed by atoms with van der Waals surface area (Å²) in [7, 11) is 0. The SMILES string of the molecule is Cc1cccnc1CN1C[C@@H](c2cc(F)cc(F)c2)[C@@H]2[C@H]1C1CCN2CC1. The van der Waals surface area contributed by atoms with Gasteiger partial charge in [-0.05, 0) is 68.1 Å². The number of aromatic nitrogens is 1. The molecule has 2 aromatic rings. The van der Waals surface area contributed by atoms with Crippen molar-refractivity contribution < 1.29 is 8.78 Å². The highest BCUT2D eigenvalue weighted by Crippen LogP contribution is 2.47. The van der Waals surface area contributed by atoms with Crippen molar-refractivity contribution in [3.05, 3.63) is 65.0 Å². The molecule has 142 valence electrons. The summed E-state index contributed by atoms with van der Waals surface area (Å²) < 4.78 is 27.8. The van der Waals surface area contributed by atoms with Gasteiger partial charge < -0.3 is 0 Å². The lowest BCUT2D eigenvalue weighted by molar-refractivity contribution is -0.00904. The van der Waals surface area contributed by atoms with Gasteiger partial charge in [-0.25, -0.2) is 8.78 Å². The summed E-state index contributed by atoms with van der Waals surface area (Å²) >= 11 is 0. The molecule has 1 aromatic carbocycles. The van der Waals surface area contributed by atoms with Gasteiger partial charge in [-0.3, -0.25) is 14.8 Å². The largest absolute Gasteiger partial charge is 0.298 e. The number of pyridine rings is 1. The van der Waals surface area contributed by atoms with Crippen molar-refractivity contribution in [2.75, 3.05) is 19.6 Å². The third-order valence-corrected chi connectivity index (χ3v) is 6.88. The Bertz CT molecular complexity index is 827. The molecular formula is C22H25F2N3. The lowest BCUT2D eigenvalue weighted by Crippen LogP contribution is -2.60. The van der Waals surface area contributed by atoms with Crippen molar-refractivity contribution in [1.82, 2.24) is 14.8 Å². The Morgan fingerprint density at radius 1 is 1.07 bits per heavy atom.